The molecule has 5 aliphatic rings. The van der Waals surface area contributed by atoms with Crippen molar-refractivity contribution < 1.29 is 27.9 Å². The third-order valence-corrected chi connectivity index (χ3v) is 18.5. The van der Waals surface area contributed by atoms with Crippen LogP contribution in [-0.4, -0.2) is 67.7 Å². The van der Waals surface area contributed by atoms with Crippen LogP contribution in [0.5, 0.6) is 5.75 Å². The number of hydrogen-bond donors (Lipinski definition) is 6. The number of thiocarbonyl (C=S) groups is 3. The van der Waals surface area contributed by atoms with Crippen LogP contribution in [0.2, 0.25) is 0 Å². The van der Waals surface area contributed by atoms with Crippen LogP contribution in [-0.2, 0) is 5.41 Å². The number of carbonyl (C=O) groups is 3. The average Bonchev–Trinajstić information content (AvgIpc) is 0.762. The first-order chi connectivity index (χ1) is 43.8. The van der Waals surface area contributed by atoms with Crippen molar-refractivity contribution in [1.82, 2.24) is 30.9 Å². The van der Waals surface area contributed by atoms with Gasteiger partial charge in [-0.25, -0.2) is 8.78 Å². The molecule has 19 heteroatoms. The normalized spacial score (nSPS) is 17.8. The van der Waals surface area contributed by atoms with Gasteiger partial charge in [0.05, 0.1) is 29.0 Å². The number of carbonyl (C=O) groups excluding carboxylic acids is 3. The van der Waals surface area contributed by atoms with Crippen molar-refractivity contribution in [3.05, 3.63) is 204 Å². The Morgan fingerprint density at radius 3 is 1.54 bits per heavy atom. The Bertz CT molecular complexity index is 3480. The first kappa shape index (κ1) is 66.3. The van der Waals surface area contributed by atoms with Crippen LogP contribution in [0.25, 0.3) is 0 Å². The quantitative estimate of drug-likeness (QED) is 0.0375. The zero-order valence-corrected chi connectivity index (χ0v) is 53.4. The molecule has 2 bridgehead atoms. The van der Waals surface area contributed by atoms with Crippen molar-refractivity contribution in [3.63, 3.8) is 0 Å². The molecule has 3 amide bonds. The van der Waals surface area contributed by atoms with Gasteiger partial charge in [0.15, 0.2) is 26.9 Å². The highest BCUT2D eigenvalue weighted by atomic mass is 32.1. The summed E-state index contributed by atoms with van der Waals surface area (Å²) in [6.45, 7) is 4.45. The Kier molecular flexibility index (Phi) is 24.4. The third-order valence-electron chi connectivity index (χ3n) is 17.9. The van der Waals surface area contributed by atoms with E-state index in [4.69, 9.17) is 41.4 Å². The Morgan fingerprint density at radius 2 is 1.06 bits per heavy atom. The third kappa shape index (κ3) is 19.2. The van der Waals surface area contributed by atoms with Crippen LogP contribution in [0.4, 0.5) is 31.5 Å². The molecule has 6 N–H and O–H groups in total. The van der Waals surface area contributed by atoms with Gasteiger partial charge in [-0.2, -0.15) is 0 Å². The van der Waals surface area contributed by atoms with Gasteiger partial charge in [0.2, 0.25) is 0 Å². The number of ether oxygens (including phenoxy) is 1. The molecule has 4 saturated carbocycles. The lowest BCUT2D eigenvalue weighted by atomic mass is 9.51. The molecule has 7 aromatic rings. The fourth-order valence-electron chi connectivity index (χ4n) is 12.7. The van der Waals surface area contributed by atoms with Gasteiger partial charge in [0.1, 0.15) is 5.82 Å². The summed E-state index contributed by atoms with van der Waals surface area (Å²) in [5, 5.41) is 17.1. The lowest BCUT2D eigenvalue weighted by Gasteiger charge is -2.54. The maximum absolute atomic E-state index is 14.8. The van der Waals surface area contributed by atoms with Crippen LogP contribution in [0.15, 0.2) is 165 Å². The van der Waals surface area contributed by atoms with Gasteiger partial charge in [-0.15, -0.1) is 0 Å². The summed E-state index contributed by atoms with van der Waals surface area (Å²) in [5.74, 6) is -0.530. The van der Waals surface area contributed by atoms with Gasteiger partial charge < -0.3 is 25.6 Å². The number of pyridine rings is 3. The number of nitrogens with one attached hydrogen (secondary N) is 6. The second-order valence-electron chi connectivity index (χ2n) is 23.9. The van der Waals surface area contributed by atoms with Crippen LogP contribution in [0.1, 0.15) is 171 Å². The predicted molar refractivity (Wildman–Crippen MR) is 366 cm³/mol. The standard InChI is InChI=1S/C27H35N3OS.C24H23FN4OS.C20H22FN3O2S/c1-2-3-4-5-12-26-13-16-27(17-14-26,18-15-26)22-8-10-23(11-9-22)29-25(32)30-24(31)21-7-6-19-28-20-21;25-21-15-20(27-24(31)28-23(30)19-7-4-12-26-16-19)8-9-22(21)29-13-10-18(11-14-29)17-5-2-1-3-6-17;21-17-11-16(8-9-18(17)26-13-14-5-2-1-3-6-14)23-20(27)24-19(25)15-7-4-10-22-12-15/h6-11,19-20H,2-5,12-18H2,1H3,(H2,29,30,31,32);1-9,12,15-16,18H,10-11,13-14H2,(H2,27,28,30,31);4,7-12,14H,1-3,5-6,13H2,(H2,23,24,25,27). The van der Waals surface area contributed by atoms with Gasteiger partial charge in [0.25, 0.3) is 17.7 Å². The topological polar surface area (TPSA) is 175 Å². The molecule has 0 atom stereocenters. The maximum Gasteiger partial charge on any atom is 0.258 e. The van der Waals surface area contributed by atoms with E-state index in [1.807, 2.05) is 6.07 Å². The Balaban J connectivity index is 0.000000161. The molecule has 12 rings (SSSR count). The number of halogens is 2. The molecule has 0 spiro atoms. The van der Waals surface area contributed by atoms with Crippen LogP contribution in [0, 0.1) is 23.0 Å². The molecule has 1 saturated heterocycles. The molecule has 470 valence electrons. The van der Waals surface area contributed by atoms with E-state index in [-0.39, 0.29) is 39.5 Å². The van der Waals surface area contributed by atoms with Crippen LogP contribution >= 0.6 is 36.7 Å². The van der Waals surface area contributed by atoms with E-state index >= 15 is 0 Å². The summed E-state index contributed by atoms with van der Waals surface area (Å²) in [7, 11) is 0. The first-order valence-corrected chi connectivity index (χ1v) is 32.7. The van der Waals surface area contributed by atoms with Gasteiger partial charge >= 0.3 is 0 Å². The van der Waals surface area contributed by atoms with Crippen molar-refractivity contribution in [3.8, 4) is 5.75 Å². The Hall–Kier alpha value is -8.13. The van der Waals surface area contributed by atoms with E-state index in [0.29, 0.717) is 68.1 Å². The summed E-state index contributed by atoms with van der Waals surface area (Å²) in [4.78, 5) is 50.3. The van der Waals surface area contributed by atoms with Gasteiger partial charge in [-0.1, -0.05) is 94.3 Å². The van der Waals surface area contributed by atoms with E-state index in [2.05, 4.69) is 107 Å². The monoisotopic (exact) mass is 1270 g/mol. The minimum atomic E-state index is -0.461. The smallest absolute Gasteiger partial charge is 0.258 e. The fourth-order valence-corrected chi connectivity index (χ4v) is 13.3. The van der Waals surface area contributed by atoms with E-state index in [9.17, 15) is 23.2 Å². The van der Waals surface area contributed by atoms with E-state index < -0.39 is 5.82 Å². The molecule has 3 aromatic heterocycles. The van der Waals surface area contributed by atoms with E-state index in [1.165, 1.54) is 132 Å². The second-order valence-corrected chi connectivity index (χ2v) is 25.1. The minimum absolute atomic E-state index is 0.0825. The van der Waals surface area contributed by atoms with Crippen molar-refractivity contribution in [2.75, 3.05) is 40.5 Å². The average molecular weight is 1270 g/mol. The first-order valence-electron chi connectivity index (χ1n) is 31.5. The summed E-state index contributed by atoms with van der Waals surface area (Å²) in [6.07, 6.45) is 32.4. The molecular formula is C71H80F2N10O4S3. The van der Waals surface area contributed by atoms with Gasteiger partial charge in [0, 0.05) is 73.4 Å². The van der Waals surface area contributed by atoms with Crippen molar-refractivity contribution >= 4 is 92.5 Å². The van der Waals surface area contributed by atoms with Gasteiger partial charge in [-0.3, -0.25) is 45.3 Å². The zero-order valence-electron chi connectivity index (χ0n) is 51.0. The largest absolute Gasteiger partial charge is 0.490 e. The number of anilines is 4. The van der Waals surface area contributed by atoms with Crippen molar-refractivity contribution in [2.24, 2.45) is 11.3 Å². The summed E-state index contributed by atoms with van der Waals surface area (Å²) in [5.41, 5.74) is 7.49. The predicted octanol–water partition coefficient (Wildman–Crippen LogP) is 15.8. The highest BCUT2D eigenvalue weighted by Gasteiger charge is 2.48. The number of nitrogens with zero attached hydrogens (tertiary/aromatic N) is 4. The molecule has 14 nitrogen and oxygen atoms in total. The lowest BCUT2D eigenvalue weighted by Crippen LogP contribution is -2.44. The molecule has 4 heterocycles. The number of rotatable bonds is 17. The SMILES string of the molecule is CCCCCCC12CCC(c3ccc(NC(=S)NC(=O)c4cccnc4)cc3)(CC1)CC2.O=C(NC(=S)Nc1ccc(N2CCC(c3ccccc3)CC2)c(F)c1)c1cccnc1.O=C(NC(=S)Nc1ccc(OCC2CCCCC2)c(F)c1)c1cccnc1. The number of benzene rings is 4. The minimum Gasteiger partial charge on any atom is -0.490 e. The highest BCUT2D eigenvalue weighted by molar-refractivity contribution is 7.81. The molecule has 4 aliphatic carbocycles. The molecule has 5 fully saturated rings. The Labute approximate surface area is 543 Å². The van der Waals surface area contributed by atoms with E-state index in [0.717, 1.165) is 44.5 Å². The summed E-state index contributed by atoms with van der Waals surface area (Å²) >= 11 is 15.6. The molecule has 4 aromatic carbocycles. The molecular weight excluding hydrogens is 1190 g/mol. The molecule has 0 radical (unpaired) electrons. The molecule has 1 aliphatic heterocycles. The Morgan fingerprint density at radius 1 is 0.556 bits per heavy atom. The highest BCUT2D eigenvalue weighted by Crippen LogP contribution is 2.59. The van der Waals surface area contributed by atoms with Gasteiger partial charge in [-0.05, 0) is 220 Å². The number of hydrogen-bond acceptors (Lipinski definition) is 11. The van der Waals surface area contributed by atoms with Crippen LogP contribution in [0.3, 0.4) is 0 Å². The van der Waals surface area contributed by atoms with Crippen LogP contribution < -0.4 is 41.5 Å². The van der Waals surface area contributed by atoms with Crippen molar-refractivity contribution in [2.45, 2.75) is 134 Å². The summed E-state index contributed by atoms with van der Waals surface area (Å²) in [6, 6.07) is 38.7. The second kappa shape index (κ2) is 33.1. The number of piperidine rings is 1. The fraction of sp³-hybridized carbons (Fsp3) is 0.366. The summed E-state index contributed by atoms with van der Waals surface area (Å²) < 4.78 is 34.7. The molecule has 0 unspecified atom stereocenters. The number of fused-ring (bicyclic) bond motifs is 3. The number of unbranched alkanes of at least 4 members (excludes halogenated alkanes) is 3. The molecule has 90 heavy (non-hydrogen) atoms. The maximum atomic E-state index is 14.8. The van der Waals surface area contributed by atoms with Crippen molar-refractivity contribution in [1.29, 1.82) is 0 Å². The number of amides is 3. The van der Waals surface area contributed by atoms with E-state index in [1.54, 1.807) is 79.3 Å². The zero-order chi connectivity index (χ0) is 63.1. The number of aromatic nitrogens is 3. The lowest BCUT2D eigenvalue weighted by molar-refractivity contribution is 0.0305.